The standard InChI is InChI=1S/C11H13NO/c1-3-11(13)9(2)7-10-5-4-6-12-8-10/h4-8H,3H2,1-2H3. The molecule has 0 saturated heterocycles. The van der Waals surface area contributed by atoms with Crippen LogP contribution in [0.3, 0.4) is 0 Å². The highest BCUT2D eigenvalue weighted by molar-refractivity contribution is 5.98. The average Bonchev–Trinajstić information content (AvgIpc) is 2.18. The van der Waals surface area contributed by atoms with Gasteiger partial charge in [-0.1, -0.05) is 13.0 Å². The quantitative estimate of drug-likeness (QED) is 0.660. The Hall–Kier alpha value is -1.44. The highest BCUT2D eigenvalue weighted by atomic mass is 16.1. The summed E-state index contributed by atoms with van der Waals surface area (Å²) >= 11 is 0. The van der Waals surface area contributed by atoms with E-state index in [9.17, 15) is 4.79 Å². The Morgan fingerprint density at radius 2 is 2.38 bits per heavy atom. The van der Waals surface area contributed by atoms with Gasteiger partial charge < -0.3 is 0 Å². The van der Waals surface area contributed by atoms with E-state index in [0.29, 0.717) is 6.42 Å². The van der Waals surface area contributed by atoms with Crippen LogP contribution in [0.2, 0.25) is 0 Å². The van der Waals surface area contributed by atoms with E-state index in [2.05, 4.69) is 4.98 Å². The Morgan fingerprint density at radius 3 is 2.92 bits per heavy atom. The molecule has 0 aliphatic carbocycles. The number of carbonyl (C=O) groups excluding carboxylic acids is 1. The molecular formula is C11H13NO. The summed E-state index contributed by atoms with van der Waals surface area (Å²) in [6.07, 6.45) is 5.88. The van der Waals surface area contributed by atoms with Crippen molar-refractivity contribution in [3.63, 3.8) is 0 Å². The third-order valence-corrected chi connectivity index (χ3v) is 1.83. The zero-order valence-electron chi connectivity index (χ0n) is 7.95. The van der Waals surface area contributed by atoms with E-state index in [1.54, 1.807) is 12.4 Å². The van der Waals surface area contributed by atoms with Crippen LogP contribution < -0.4 is 0 Å². The van der Waals surface area contributed by atoms with Crippen molar-refractivity contribution >= 4 is 11.9 Å². The van der Waals surface area contributed by atoms with Gasteiger partial charge in [-0.2, -0.15) is 0 Å². The van der Waals surface area contributed by atoms with Crippen molar-refractivity contribution in [3.05, 3.63) is 35.7 Å². The Labute approximate surface area is 78.3 Å². The van der Waals surface area contributed by atoms with E-state index < -0.39 is 0 Å². The molecule has 13 heavy (non-hydrogen) atoms. The molecule has 1 rings (SSSR count). The van der Waals surface area contributed by atoms with Crippen molar-refractivity contribution < 1.29 is 4.79 Å². The van der Waals surface area contributed by atoms with E-state index in [1.165, 1.54) is 0 Å². The smallest absolute Gasteiger partial charge is 0.158 e. The van der Waals surface area contributed by atoms with Gasteiger partial charge in [-0.3, -0.25) is 9.78 Å². The molecule has 0 radical (unpaired) electrons. The molecule has 0 unspecified atom stereocenters. The molecule has 1 aromatic rings. The van der Waals surface area contributed by atoms with E-state index >= 15 is 0 Å². The lowest BCUT2D eigenvalue weighted by atomic mass is 10.1. The van der Waals surface area contributed by atoms with Gasteiger partial charge in [0.05, 0.1) is 0 Å². The number of nitrogens with zero attached hydrogens (tertiary/aromatic N) is 1. The summed E-state index contributed by atoms with van der Waals surface area (Å²) in [5.41, 5.74) is 1.76. The molecule has 2 heteroatoms. The lowest BCUT2D eigenvalue weighted by Gasteiger charge is -1.96. The van der Waals surface area contributed by atoms with Gasteiger partial charge in [0.15, 0.2) is 5.78 Å². The summed E-state index contributed by atoms with van der Waals surface area (Å²) in [5, 5.41) is 0. The number of Topliss-reactive ketones (excluding diaryl/α,β-unsaturated/α-hetero) is 1. The average molecular weight is 175 g/mol. The molecule has 1 aromatic heterocycles. The number of carbonyl (C=O) groups is 1. The predicted octanol–water partition coefficient (Wildman–Crippen LogP) is 2.46. The zero-order valence-corrected chi connectivity index (χ0v) is 7.95. The topological polar surface area (TPSA) is 30.0 Å². The zero-order chi connectivity index (χ0) is 9.68. The van der Waals surface area contributed by atoms with Crippen molar-refractivity contribution in [1.82, 2.24) is 4.98 Å². The Morgan fingerprint density at radius 1 is 1.62 bits per heavy atom. The summed E-state index contributed by atoms with van der Waals surface area (Å²) in [4.78, 5) is 15.2. The van der Waals surface area contributed by atoms with E-state index in [-0.39, 0.29) is 5.78 Å². The Balaban J connectivity index is 2.83. The van der Waals surface area contributed by atoms with Crippen molar-refractivity contribution in [2.24, 2.45) is 0 Å². The highest BCUT2D eigenvalue weighted by Gasteiger charge is 1.99. The van der Waals surface area contributed by atoms with Crippen LogP contribution in [0, 0.1) is 0 Å². The second kappa shape index (κ2) is 4.55. The number of aromatic nitrogens is 1. The van der Waals surface area contributed by atoms with Crippen molar-refractivity contribution in [3.8, 4) is 0 Å². The SMILES string of the molecule is CCC(=O)C(C)=Cc1cccnc1. The van der Waals surface area contributed by atoms with Gasteiger partial charge in [-0.15, -0.1) is 0 Å². The van der Waals surface area contributed by atoms with Crippen LogP contribution in [0.1, 0.15) is 25.8 Å². The first kappa shape index (κ1) is 9.65. The van der Waals surface area contributed by atoms with Gasteiger partial charge in [0.1, 0.15) is 0 Å². The van der Waals surface area contributed by atoms with Crippen LogP contribution in [0.15, 0.2) is 30.1 Å². The van der Waals surface area contributed by atoms with Crippen LogP contribution in [0.4, 0.5) is 0 Å². The highest BCUT2D eigenvalue weighted by Crippen LogP contribution is 2.06. The van der Waals surface area contributed by atoms with Crippen LogP contribution in [-0.2, 0) is 4.79 Å². The van der Waals surface area contributed by atoms with Gasteiger partial charge in [0, 0.05) is 18.8 Å². The second-order valence-corrected chi connectivity index (χ2v) is 2.89. The summed E-state index contributed by atoms with van der Waals surface area (Å²) < 4.78 is 0. The summed E-state index contributed by atoms with van der Waals surface area (Å²) in [6.45, 7) is 3.70. The van der Waals surface area contributed by atoms with Crippen molar-refractivity contribution in [2.45, 2.75) is 20.3 Å². The first-order chi connectivity index (χ1) is 6.24. The van der Waals surface area contributed by atoms with Gasteiger partial charge in [0.25, 0.3) is 0 Å². The molecule has 0 aliphatic heterocycles. The maximum absolute atomic E-state index is 11.2. The number of hydrogen-bond donors (Lipinski definition) is 0. The predicted molar refractivity (Wildman–Crippen MR) is 53.2 cm³/mol. The molecule has 0 aromatic carbocycles. The van der Waals surface area contributed by atoms with Crippen molar-refractivity contribution in [1.29, 1.82) is 0 Å². The van der Waals surface area contributed by atoms with Gasteiger partial charge in [-0.05, 0) is 30.2 Å². The van der Waals surface area contributed by atoms with E-state index in [0.717, 1.165) is 11.1 Å². The minimum atomic E-state index is 0.184. The third-order valence-electron chi connectivity index (χ3n) is 1.83. The normalized spacial score (nSPS) is 11.4. The molecule has 0 spiro atoms. The molecule has 0 bridgehead atoms. The van der Waals surface area contributed by atoms with Crippen LogP contribution >= 0.6 is 0 Å². The van der Waals surface area contributed by atoms with Crippen LogP contribution in [0.25, 0.3) is 6.08 Å². The lowest BCUT2D eigenvalue weighted by molar-refractivity contribution is -0.115. The summed E-state index contributed by atoms with van der Waals surface area (Å²) in [7, 11) is 0. The van der Waals surface area contributed by atoms with Crippen LogP contribution in [-0.4, -0.2) is 10.8 Å². The fraction of sp³-hybridized carbons (Fsp3) is 0.273. The summed E-state index contributed by atoms with van der Waals surface area (Å²) in [6, 6.07) is 3.79. The molecular weight excluding hydrogens is 162 g/mol. The molecule has 0 fully saturated rings. The molecule has 0 amide bonds. The van der Waals surface area contributed by atoms with Gasteiger partial charge in [0.2, 0.25) is 0 Å². The maximum Gasteiger partial charge on any atom is 0.158 e. The molecule has 2 nitrogen and oxygen atoms in total. The van der Waals surface area contributed by atoms with Crippen molar-refractivity contribution in [2.75, 3.05) is 0 Å². The first-order valence-electron chi connectivity index (χ1n) is 4.35. The number of ketones is 1. The van der Waals surface area contributed by atoms with E-state index in [1.807, 2.05) is 32.1 Å². The lowest BCUT2D eigenvalue weighted by Crippen LogP contribution is -1.95. The Kier molecular flexibility index (Phi) is 3.38. The van der Waals surface area contributed by atoms with Gasteiger partial charge >= 0.3 is 0 Å². The third kappa shape index (κ3) is 2.82. The van der Waals surface area contributed by atoms with E-state index in [4.69, 9.17) is 0 Å². The minimum absolute atomic E-state index is 0.184. The molecule has 0 aliphatic rings. The largest absolute Gasteiger partial charge is 0.295 e. The maximum atomic E-state index is 11.2. The van der Waals surface area contributed by atoms with Crippen LogP contribution in [0.5, 0.6) is 0 Å². The fourth-order valence-corrected chi connectivity index (χ4v) is 1.07. The number of allylic oxidation sites excluding steroid dienone is 1. The Bertz CT molecular complexity index is 314. The number of pyridine rings is 1. The first-order valence-corrected chi connectivity index (χ1v) is 4.35. The minimum Gasteiger partial charge on any atom is -0.295 e. The second-order valence-electron chi connectivity index (χ2n) is 2.89. The molecule has 1 heterocycles. The fourth-order valence-electron chi connectivity index (χ4n) is 1.07. The molecule has 0 atom stereocenters. The monoisotopic (exact) mass is 175 g/mol. The number of rotatable bonds is 3. The van der Waals surface area contributed by atoms with Gasteiger partial charge in [-0.25, -0.2) is 0 Å². The number of hydrogen-bond acceptors (Lipinski definition) is 2. The molecule has 68 valence electrons. The molecule has 0 N–H and O–H groups in total. The summed E-state index contributed by atoms with van der Waals surface area (Å²) in [5.74, 6) is 0.184. The molecule has 0 saturated carbocycles.